The van der Waals surface area contributed by atoms with Crippen LogP contribution >= 0.6 is 27.5 Å². The summed E-state index contributed by atoms with van der Waals surface area (Å²) < 4.78 is 5.94. The van der Waals surface area contributed by atoms with Gasteiger partial charge in [-0.3, -0.25) is 0 Å². The van der Waals surface area contributed by atoms with Crippen molar-refractivity contribution >= 4 is 27.5 Å². The minimum Gasteiger partial charge on any atom is -0.497 e. The highest BCUT2D eigenvalue weighted by molar-refractivity contribution is 9.10. The zero-order valence-corrected chi connectivity index (χ0v) is 13.0. The largest absolute Gasteiger partial charge is 0.497 e. The predicted octanol–water partition coefficient (Wildman–Crippen LogP) is 4.50. The van der Waals surface area contributed by atoms with Crippen LogP contribution in [0.2, 0.25) is 5.02 Å². The molecule has 0 aliphatic rings. The van der Waals surface area contributed by atoms with Gasteiger partial charge in [-0.25, -0.2) is 0 Å². The maximum atomic E-state index is 10.4. The summed E-state index contributed by atoms with van der Waals surface area (Å²) in [6.45, 7) is 1.93. The molecule has 19 heavy (non-hydrogen) atoms. The highest BCUT2D eigenvalue weighted by atomic mass is 79.9. The lowest BCUT2D eigenvalue weighted by atomic mass is 10.0. The van der Waals surface area contributed by atoms with Crippen molar-refractivity contribution in [2.24, 2.45) is 0 Å². The smallest absolute Gasteiger partial charge is 0.120 e. The Morgan fingerprint density at radius 2 is 1.95 bits per heavy atom. The van der Waals surface area contributed by atoms with Gasteiger partial charge in [0.1, 0.15) is 11.9 Å². The van der Waals surface area contributed by atoms with Gasteiger partial charge in [0.25, 0.3) is 0 Å². The van der Waals surface area contributed by atoms with E-state index in [1.54, 1.807) is 13.2 Å². The Hall–Kier alpha value is -1.03. The minimum atomic E-state index is -0.724. The average Bonchev–Trinajstić information content (AvgIpc) is 2.41. The highest BCUT2D eigenvalue weighted by Crippen LogP contribution is 2.32. The first-order chi connectivity index (χ1) is 9.02. The summed E-state index contributed by atoms with van der Waals surface area (Å²) in [5, 5.41) is 11.1. The second-order valence-corrected chi connectivity index (χ2v) is 5.56. The molecule has 4 heteroatoms. The van der Waals surface area contributed by atoms with E-state index in [-0.39, 0.29) is 0 Å². The molecule has 1 N–H and O–H groups in total. The minimum absolute atomic E-state index is 0.654. The summed E-state index contributed by atoms with van der Waals surface area (Å²) in [7, 11) is 1.61. The quantitative estimate of drug-likeness (QED) is 0.890. The van der Waals surface area contributed by atoms with Gasteiger partial charge in [-0.2, -0.15) is 0 Å². The molecule has 2 aromatic carbocycles. The molecule has 0 saturated carbocycles. The van der Waals surface area contributed by atoms with Gasteiger partial charge < -0.3 is 9.84 Å². The van der Waals surface area contributed by atoms with Crippen LogP contribution in [0.5, 0.6) is 5.75 Å². The molecule has 0 bridgehead atoms. The summed E-state index contributed by atoms with van der Waals surface area (Å²) in [4.78, 5) is 0. The van der Waals surface area contributed by atoms with Gasteiger partial charge in [-0.15, -0.1) is 0 Å². The molecule has 2 nitrogen and oxygen atoms in total. The second kappa shape index (κ2) is 5.95. The summed E-state index contributed by atoms with van der Waals surface area (Å²) in [6, 6.07) is 11.0. The van der Waals surface area contributed by atoms with Gasteiger partial charge in [0.05, 0.1) is 7.11 Å². The molecule has 0 aliphatic heterocycles. The number of hydrogen-bond donors (Lipinski definition) is 1. The number of hydrogen-bond acceptors (Lipinski definition) is 2. The maximum absolute atomic E-state index is 10.4. The van der Waals surface area contributed by atoms with Gasteiger partial charge >= 0.3 is 0 Å². The molecule has 0 radical (unpaired) electrons. The molecule has 0 amide bonds. The van der Waals surface area contributed by atoms with E-state index in [2.05, 4.69) is 15.9 Å². The number of benzene rings is 2. The average molecular weight is 342 g/mol. The molecule has 0 aromatic heterocycles. The van der Waals surface area contributed by atoms with Crippen LogP contribution in [0.1, 0.15) is 22.8 Å². The van der Waals surface area contributed by atoms with E-state index in [1.165, 1.54) is 0 Å². The third-order valence-corrected chi connectivity index (χ3v) is 4.11. The standard InChI is InChI=1S/C15H14BrClO2/c1-9-3-4-10(7-14(9)17)15(18)12-6-5-11(19-2)8-13(12)16/h3-8,15,18H,1-2H3. The lowest BCUT2D eigenvalue weighted by Crippen LogP contribution is -2.01. The van der Waals surface area contributed by atoms with Crippen LogP contribution in [0.4, 0.5) is 0 Å². The van der Waals surface area contributed by atoms with Crippen LogP contribution < -0.4 is 4.74 Å². The first kappa shape index (κ1) is 14.4. The van der Waals surface area contributed by atoms with Gasteiger partial charge in [0.15, 0.2) is 0 Å². The summed E-state index contributed by atoms with van der Waals surface area (Å²) in [6.07, 6.45) is -0.724. The van der Waals surface area contributed by atoms with Crippen LogP contribution in [0.25, 0.3) is 0 Å². The van der Waals surface area contributed by atoms with Crippen LogP contribution in [-0.2, 0) is 0 Å². The number of methoxy groups -OCH3 is 1. The first-order valence-corrected chi connectivity index (χ1v) is 6.97. The predicted molar refractivity (Wildman–Crippen MR) is 80.9 cm³/mol. The third-order valence-electron chi connectivity index (χ3n) is 3.01. The van der Waals surface area contributed by atoms with Crippen LogP contribution in [-0.4, -0.2) is 12.2 Å². The molecule has 0 fully saturated rings. The van der Waals surface area contributed by atoms with Gasteiger partial charge in [-0.05, 0) is 41.8 Å². The fourth-order valence-corrected chi connectivity index (χ4v) is 2.58. The van der Waals surface area contributed by atoms with E-state index < -0.39 is 6.10 Å². The Kier molecular flexibility index (Phi) is 4.50. The monoisotopic (exact) mass is 340 g/mol. The molecule has 0 spiro atoms. The van der Waals surface area contributed by atoms with E-state index in [0.29, 0.717) is 5.02 Å². The topological polar surface area (TPSA) is 29.5 Å². The van der Waals surface area contributed by atoms with Crippen molar-refractivity contribution in [3.8, 4) is 5.75 Å². The molecule has 0 heterocycles. The zero-order valence-electron chi connectivity index (χ0n) is 10.7. The number of aliphatic hydroxyl groups excluding tert-OH is 1. The molecular weight excluding hydrogens is 328 g/mol. The van der Waals surface area contributed by atoms with E-state index in [4.69, 9.17) is 16.3 Å². The second-order valence-electron chi connectivity index (χ2n) is 4.30. The number of ether oxygens (including phenoxy) is 1. The van der Waals surface area contributed by atoms with Crippen LogP contribution in [0.3, 0.4) is 0 Å². The Morgan fingerprint density at radius 1 is 1.21 bits per heavy atom. The normalized spacial score (nSPS) is 12.3. The van der Waals surface area contributed by atoms with Crippen molar-refractivity contribution in [1.29, 1.82) is 0 Å². The molecule has 2 aromatic rings. The molecule has 1 atom stereocenters. The Balaban J connectivity index is 2.38. The summed E-state index contributed by atoms with van der Waals surface area (Å²) >= 11 is 9.54. The Labute approximate surface area is 126 Å². The number of aliphatic hydroxyl groups is 1. The lowest BCUT2D eigenvalue weighted by Gasteiger charge is -2.15. The summed E-state index contributed by atoms with van der Waals surface area (Å²) in [5.74, 6) is 0.741. The van der Waals surface area contributed by atoms with Gasteiger partial charge in [0.2, 0.25) is 0 Å². The van der Waals surface area contributed by atoms with E-state index >= 15 is 0 Å². The van der Waals surface area contributed by atoms with Crippen molar-refractivity contribution in [2.45, 2.75) is 13.0 Å². The Morgan fingerprint density at radius 3 is 2.53 bits per heavy atom. The maximum Gasteiger partial charge on any atom is 0.120 e. The fourth-order valence-electron chi connectivity index (χ4n) is 1.82. The van der Waals surface area contributed by atoms with Gasteiger partial charge in [0, 0.05) is 9.50 Å². The lowest BCUT2D eigenvalue weighted by molar-refractivity contribution is 0.219. The molecule has 0 aliphatic carbocycles. The fraction of sp³-hybridized carbons (Fsp3) is 0.200. The van der Waals surface area contributed by atoms with Crippen molar-refractivity contribution in [1.82, 2.24) is 0 Å². The SMILES string of the molecule is COc1ccc(C(O)c2ccc(C)c(Cl)c2)c(Br)c1. The van der Waals surface area contributed by atoms with Gasteiger partial charge in [-0.1, -0.05) is 45.7 Å². The number of halogens is 2. The summed E-state index contributed by atoms with van der Waals surface area (Å²) in [5.41, 5.74) is 2.54. The molecular formula is C15H14BrClO2. The van der Waals surface area contributed by atoms with Crippen molar-refractivity contribution < 1.29 is 9.84 Å². The molecule has 2 rings (SSSR count). The van der Waals surface area contributed by atoms with Crippen LogP contribution in [0, 0.1) is 6.92 Å². The van der Waals surface area contributed by atoms with E-state index in [9.17, 15) is 5.11 Å². The van der Waals surface area contributed by atoms with Crippen molar-refractivity contribution in [3.05, 3.63) is 62.6 Å². The zero-order chi connectivity index (χ0) is 14.0. The number of aryl methyl sites for hydroxylation is 1. The Bertz CT molecular complexity index is 599. The van der Waals surface area contributed by atoms with Crippen LogP contribution in [0.15, 0.2) is 40.9 Å². The third kappa shape index (κ3) is 3.11. The van der Waals surface area contributed by atoms with Crippen molar-refractivity contribution in [3.63, 3.8) is 0 Å². The van der Waals surface area contributed by atoms with Crippen molar-refractivity contribution in [2.75, 3.05) is 7.11 Å². The molecule has 1 unspecified atom stereocenters. The van der Waals surface area contributed by atoms with E-state index in [0.717, 1.165) is 26.9 Å². The highest BCUT2D eigenvalue weighted by Gasteiger charge is 2.15. The molecule has 0 saturated heterocycles. The first-order valence-electron chi connectivity index (χ1n) is 5.80. The number of rotatable bonds is 3. The molecule has 100 valence electrons. The van der Waals surface area contributed by atoms with E-state index in [1.807, 2.05) is 37.3 Å².